The lowest BCUT2D eigenvalue weighted by atomic mass is 10.2. The van der Waals surface area contributed by atoms with Crippen molar-refractivity contribution in [3.8, 4) is 5.75 Å². The first-order chi connectivity index (χ1) is 8.33. The Balaban J connectivity index is 1.97. The summed E-state index contributed by atoms with van der Waals surface area (Å²) in [5, 5.41) is 12.6. The third-order valence-corrected chi connectivity index (χ3v) is 2.52. The quantitative estimate of drug-likeness (QED) is 0.649. The van der Waals surface area contributed by atoms with Gasteiger partial charge in [0.1, 0.15) is 5.75 Å². The van der Waals surface area contributed by atoms with Crippen LogP contribution in [0, 0.1) is 0 Å². The Morgan fingerprint density at radius 3 is 2.82 bits per heavy atom. The Kier molecular flexibility index (Phi) is 7.43. The van der Waals surface area contributed by atoms with Crippen LogP contribution in [0.25, 0.3) is 0 Å². The molecule has 0 atom stereocenters. The summed E-state index contributed by atoms with van der Waals surface area (Å²) in [5.74, 6) is 0.326. The highest BCUT2D eigenvalue weighted by molar-refractivity contribution is 5.26. The van der Waals surface area contributed by atoms with Crippen LogP contribution in [0.15, 0.2) is 24.3 Å². The van der Waals surface area contributed by atoms with Gasteiger partial charge in [0, 0.05) is 19.8 Å². The van der Waals surface area contributed by atoms with Crippen LogP contribution < -0.4 is 5.32 Å². The van der Waals surface area contributed by atoms with Gasteiger partial charge in [0.15, 0.2) is 0 Å². The number of rotatable bonds is 9. The van der Waals surface area contributed by atoms with Crippen molar-refractivity contribution in [2.45, 2.75) is 32.7 Å². The highest BCUT2D eigenvalue weighted by Gasteiger charge is 1.94. The summed E-state index contributed by atoms with van der Waals surface area (Å²) >= 11 is 0. The van der Waals surface area contributed by atoms with Crippen molar-refractivity contribution in [1.29, 1.82) is 0 Å². The Bertz CT molecular complexity index is 302. The number of nitrogens with one attached hydrogen (secondary N) is 1. The molecule has 0 radical (unpaired) electrons. The zero-order valence-corrected chi connectivity index (χ0v) is 10.6. The van der Waals surface area contributed by atoms with Crippen molar-refractivity contribution in [3.05, 3.63) is 29.8 Å². The molecule has 0 fully saturated rings. The molecule has 1 aromatic rings. The summed E-state index contributed by atoms with van der Waals surface area (Å²) in [4.78, 5) is 0. The van der Waals surface area contributed by atoms with Crippen molar-refractivity contribution in [2.75, 3.05) is 19.8 Å². The van der Waals surface area contributed by atoms with E-state index >= 15 is 0 Å². The maximum atomic E-state index is 9.29. The van der Waals surface area contributed by atoms with Gasteiger partial charge in [-0.3, -0.25) is 0 Å². The Morgan fingerprint density at radius 2 is 2.06 bits per heavy atom. The summed E-state index contributed by atoms with van der Waals surface area (Å²) in [5.41, 5.74) is 1.11. The zero-order valence-electron chi connectivity index (χ0n) is 10.6. The molecule has 96 valence electrons. The summed E-state index contributed by atoms with van der Waals surface area (Å²) < 4.78 is 5.47. The SMILES string of the molecule is CCCCOCCCNCc1cccc(O)c1. The second-order valence-electron chi connectivity index (χ2n) is 4.17. The lowest BCUT2D eigenvalue weighted by molar-refractivity contribution is 0.129. The molecule has 1 aromatic carbocycles. The van der Waals surface area contributed by atoms with E-state index in [9.17, 15) is 5.11 Å². The van der Waals surface area contributed by atoms with Crippen LogP contribution in [0.2, 0.25) is 0 Å². The van der Waals surface area contributed by atoms with Crippen LogP contribution in [0.4, 0.5) is 0 Å². The van der Waals surface area contributed by atoms with Crippen molar-refractivity contribution in [2.24, 2.45) is 0 Å². The van der Waals surface area contributed by atoms with E-state index in [1.165, 1.54) is 6.42 Å². The molecular formula is C14H23NO2. The minimum atomic E-state index is 0.326. The third kappa shape index (κ3) is 6.97. The minimum absolute atomic E-state index is 0.326. The highest BCUT2D eigenvalue weighted by atomic mass is 16.5. The van der Waals surface area contributed by atoms with Gasteiger partial charge >= 0.3 is 0 Å². The fourth-order valence-electron chi connectivity index (χ4n) is 1.55. The largest absolute Gasteiger partial charge is 0.508 e. The molecule has 2 N–H and O–H groups in total. The first-order valence-electron chi connectivity index (χ1n) is 6.39. The van der Waals surface area contributed by atoms with E-state index in [4.69, 9.17) is 4.74 Å². The van der Waals surface area contributed by atoms with Gasteiger partial charge in [-0.1, -0.05) is 25.5 Å². The normalized spacial score (nSPS) is 10.6. The molecule has 1 rings (SSSR count). The molecule has 0 aliphatic rings. The lowest BCUT2D eigenvalue weighted by Crippen LogP contribution is -2.16. The molecule has 3 heteroatoms. The fourth-order valence-corrected chi connectivity index (χ4v) is 1.55. The van der Waals surface area contributed by atoms with E-state index in [0.717, 1.165) is 44.7 Å². The Labute approximate surface area is 104 Å². The average Bonchev–Trinajstić information content (AvgIpc) is 2.33. The molecule has 0 unspecified atom stereocenters. The first kappa shape index (κ1) is 14.0. The standard InChI is InChI=1S/C14H23NO2/c1-2-3-9-17-10-5-8-15-12-13-6-4-7-14(16)11-13/h4,6-7,11,15-16H,2-3,5,8-10,12H2,1H3. The predicted molar refractivity (Wildman–Crippen MR) is 70.2 cm³/mol. The van der Waals surface area contributed by atoms with Gasteiger partial charge in [-0.05, 0) is 37.1 Å². The number of hydrogen-bond donors (Lipinski definition) is 2. The van der Waals surface area contributed by atoms with Crippen LogP contribution in [0.1, 0.15) is 31.7 Å². The topological polar surface area (TPSA) is 41.5 Å². The highest BCUT2D eigenvalue weighted by Crippen LogP contribution is 2.10. The number of hydrogen-bond acceptors (Lipinski definition) is 3. The van der Waals surface area contributed by atoms with Gasteiger partial charge in [0.25, 0.3) is 0 Å². The zero-order chi connectivity index (χ0) is 12.3. The Hall–Kier alpha value is -1.06. The number of benzene rings is 1. The predicted octanol–water partition coefficient (Wildman–Crippen LogP) is 2.69. The van der Waals surface area contributed by atoms with Crippen LogP contribution in [-0.4, -0.2) is 24.9 Å². The molecule has 0 heterocycles. The monoisotopic (exact) mass is 237 g/mol. The number of unbranched alkanes of at least 4 members (excludes halogenated alkanes) is 1. The smallest absolute Gasteiger partial charge is 0.115 e. The van der Waals surface area contributed by atoms with Gasteiger partial charge in [-0.25, -0.2) is 0 Å². The second-order valence-corrected chi connectivity index (χ2v) is 4.17. The van der Waals surface area contributed by atoms with Gasteiger partial charge < -0.3 is 15.2 Å². The van der Waals surface area contributed by atoms with E-state index < -0.39 is 0 Å². The summed E-state index contributed by atoms with van der Waals surface area (Å²) in [6, 6.07) is 7.33. The number of phenolic OH excluding ortho intramolecular Hbond substituents is 1. The molecule has 0 aliphatic carbocycles. The van der Waals surface area contributed by atoms with Crippen LogP contribution in [0.5, 0.6) is 5.75 Å². The van der Waals surface area contributed by atoms with Gasteiger partial charge in [-0.15, -0.1) is 0 Å². The number of phenols is 1. The van der Waals surface area contributed by atoms with Crippen LogP contribution in [0.3, 0.4) is 0 Å². The van der Waals surface area contributed by atoms with Gasteiger partial charge in [0.2, 0.25) is 0 Å². The maximum Gasteiger partial charge on any atom is 0.115 e. The third-order valence-electron chi connectivity index (χ3n) is 2.52. The molecule has 0 saturated heterocycles. The lowest BCUT2D eigenvalue weighted by Gasteiger charge is -2.06. The average molecular weight is 237 g/mol. The van der Waals surface area contributed by atoms with Crippen LogP contribution in [-0.2, 0) is 11.3 Å². The fraction of sp³-hybridized carbons (Fsp3) is 0.571. The molecule has 3 nitrogen and oxygen atoms in total. The molecule has 0 bridgehead atoms. The second kappa shape index (κ2) is 9.02. The molecule has 0 aromatic heterocycles. The van der Waals surface area contributed by atoms with Crippen molar-refractivity contribution < 1.29 is 9.84 Å². The molecular weight excluding hydrogens is 214 g/mol. The number of ether oxygens (including phenoxy) is 1. The summed E-state index contributed by atoms with van der Waals surface area (Å²) in [6.07, 6.45) is 3.37. The molecule has 0 saturated carbocycles. The molecule has 0 amide bonds. The van der Waals surface area contributed by atoms with E-state index in [2.05, 4.69) is 12.2 Å². The van der Waals surface area contributed by atoms with E-state index in [-0.39, 0.29) is 0 Å². The number of aromatic hydroxyl groups is 1. The van der Waals surface area contributed by atoms with E-state index in [1.807, 2.05) is 12.1 Å². The van der Waals surface area contributed by atoms with Crippen LogP contribution >= 0.6 is 0 Å². The van der Waals surface area contributed by atoms with Crippen molar-refractivity contribution in [1.82, 2.24) is 5.32 Å². The molecule has 17 heavy (non-hydrogen) atoms. The molecule has 0 spiro atoms. The van der Waals surface area contributed by atoms with Gasteiger partial charge in [0.05, 0.1) is 0 Å². The van der Waals surface area contributed by atoms with E-state index in [0.29, 0.717) is 5.75 Å². The first-order valence-corrected chi connectivity index (χ1v) is 6.39. The van der Waals surface area contributed by atoms with E-state index in [1.54, 1.807) is 12.1 Å². The summed E-state index contributed by atoms with van der Waals surface area (Å²) in [7, 11) is 0. The van der Waals surface area contributed by atoms with Crippen molar-refractivity contribution >= 4 is 0 Å². The minimum Gasteiger partial charge on any atom is -0.508 e. The van der Waals surface area contributed by atoms with Crippen molar-refractivity contribution in [3.63, 3.8) is 0 Å². The Morgan fingerprint density at radius 1 is 1.24 bits per heavy atom. The summed E-state index contributed by atoms with van der Waals surface area (Å²) in [6.45, 7) is 5.61. The molecule has 0 aliphatic heterocycles. The maximum absolute atomic E-state index is 9.29. The van der Waals surface area contributed by atoms with Gasteiger partial charge in [-0.2, -0.15) is 0 Å².